The minimum atomic E-state index is -1.15. The van der Waals surface area contributed by atoms with E-state index >= 15 is 0 Å². The van der Waals surface area contributed by atoms with Gasteiger partial charge in [-0.2, -0.15) is 0 Å². The summed E-state index contributed by atoms with van der Waals surface area (Å²) in [6.07, 6.45) is 0. The van der Waals surface area contributed by atoms with Crippen molar-refractivity contribution in [3.63, 3.8) is 0 Å². The predicted molar refractivity (Wildman–Crippen MR) is 81.6 cm³/mol. The van der Waals surface area contributed by atoms with Crippen molar-refractivity contribution < 1.29 is 9.59 Å². The van der Waals surface area contributed by atoms with E-state index in [9.17, 15) is 9.59 Å². The zero-order valence-corrected chi connectivity index (χ0v) is 12.9. The van der Waals surface area contributed by atoms with E-state index in [0.29, 0.717) is 12.1 Å². The molecule has 1 aromatic rings. The third kappa shape index (κ3) is 4.51. The number of amides is 2. The number of hydrogen-bond donors (Lipinski definition) is 2. The van der Waals surface area contributed by atoms with Gasteiger partial charge in [-0.05, 0) is 19.4 Å². The summed E-state index contributed by atoms with van der Waals surface area (Å²) in [5.41, 5.74) is 5.60. The molecule has 0 spiro atoms. The molecule has 5 nitrogen and oxygen atoms in total. The third-order valence-corrected chi connectivity index (χ3v) is 3.15. The molecule has 0 radical (unpaired) electrons. The molecule has 20 heavy (non-hydrogen) atoms. The van der Waals surface area contributed by atoms with E-state index in [2.05, 4.69) is 5.32 Å². The first-order chi connectivity index (χ1) is 8.89. The topological polar surface area (TPSA) is 75.4 Å². The maximum Gasteiger partial charge on any atom is 0.244 e. The van der Waals surface area contributed by atoms with E-state index in [1.807, 2.05) is 25.1 Å². The zero-order valence-electron chi connectivity index (χ0n) is 12.1. The van der Waals surface area contributed by atoms with Gasteiger partial charge in [-0.15, -0.1) is 12.4 Å². The fourth-order valence-corrected chi connectivity index (χ4v) is 1.57. The first-order valence-corrected chi connectivity index (χ1v) is 6.26. The van der Waals surface area contributed by atoms with Crippen molar-refractivity contribution in [1.82, 2.24) is 10.2 Å². The Morgan fingerprint density at radius 2 is 1.85 bits per heavy atom. The number of rotatable bonds is 5. The first-order valence-electron chi connectivity index (χ1n) is 6.26. The molecule has 1 atom stereocenters. The van der Waals surface area contributed by atoms with Gasteiger partial charge >= 0.3 is 0 Å². The Hall–Kier alpha value is -1.59. The molecule has 0 saturated carbocycles. The van der Waals surface area contributed by atoms with Crippen molar-refractivity contribution in [3.8, 4) is 0 Å². The van der Waals surface area contributed by atoms with Crippen LogP contribution in [0.4, 0.5) is 0 Å². The smallest absolute Gasteiger partial charge is 0.244 e. The standard InChI is InChI=1S/C14H21N3O2.ClH/c1-4-17(3)12(18)10-16-13(19)14(2,15)11-8-6-5-7-9-11;/h5-9H,4,10,15H2,1-3H3,(H,16,19);1H. The number of carbonyl (C=O) groups excluding carboxylic acids is 2. The van der Waals surface area contributed by atoms with Gasteiger partial charge in [-0.25, -0.2) is 0 Å². The SMILES string of the molecule is CCN(C)C(=O)CNC(=O)C(C)(N)c1ccccc1.Cl. The molecule has 0 bridgehead atoms. The lowest BCUT2D eigenvalue weighted by molar-refractivity contribution is -0.133. The molecule has 0 saturated heterocycles. The van der Waals surface area contributed by atoms with Crippen LogP contribution in [0, 0.1) is 0 Å². The number of hydrogen-bond acceptors (Lipinski definition) is 3. The monoisotopic (exact) mass is 299 g/mol. The van der Waals surface area contributed by atoms with E-state index in [4.69, 9.17) is 5.73 Å². The largest absolute Gasteiger partial charge is 0.345 e. The molecule has 0 aromatic heterocycles. The summed E-state index contributed by atoms with van der Waals surface area (Å²) in [6, 6.07) is 9.09. The van der Waals surface area contributed by atoms with Gasteiger partial charge in [0, 0.05) is 13.6 Å². The van der Waals surface area contributed by atoms with Gasteiger partial charge in [0.2, 0.25) is 11.8 Å². The van der Waals surface area contributed by atoms with Crippen LogP contribution >= 0.6 is 12.4 Å². The Labute approximate surface area is 125 Å². The molecule has 0 heterocycles. The van der Waals surface area contributed by atoms with E-state index in [0.717, 1.165) is 0 Å². The number of benzene rings is 1. The molecule has 3 N–H and O–H groups in total. The van der Waals surface area contributed by atoms with Crippen molar-refractivity contribution in [2.45, 2.75) is 19.4 Å². The van der Waals surface area contributed by atoms with Gasteiger partial charge < -0.3 is 16.0 Å². The third-order valence-electron chi connectivity index (χ3n) is 3.15. The van der Waals surface area contributed by atoms with Gasteiger partial charge in [-0.1, -0.05) is 30.3 Å². The van der Waals surface area contributed by atoms with Crippen molar-refractivity contribution in [2.24, 2.45) is 5.73 Å². The van der Waals surface area contributed by atoms with Crippen molar-refractivity contribution >= 4 is 24.2 Å². The maximum absolute atomic E-state index is 12.1. The first kappa shape index (κ1) is 18.4. The summed E-state index contributed by atoms with van der Waals surface area (Å²) in [5.74, 6) is -0.503. The van der Waals surface area contributed by atoms with Crippen molar-refractivity contribution in [2.75, 3.05) is 20.1 Å². The van der Waals surface area contributed by atoms with Gasteiger partial charge in [-0.3, -0.25) is 9.59 Å². The number of halogens is 1. The maximum atomic E-state index is 12.1. The number of carbonyl (C=O) groups is 2. The Kier molecular flexibility index (Phi) is 7.24. The summed E-state index contributed by atoms with van der Waals surface area (Å²) in [7, 11) is 1.69. The minimum Gasteiger partial charge on any atom is -0.345 e. The Bertz CT molecular complexity index is 449. The highest BCUT2D eigenvalue weighted by Gasteiger charge is 2.30. The fraction of sp³-hybridized carbons (Fsp3) is 0.429. The highest BCUT2D eigenvalue weighted by Crippen LogP contribution is 2.17. The quantitative estimate of drug-likeness (QED) is 0.847. The second-order valence-corrected chi connectivity index (χ2v) is 4.66. The molecule has 0 fully saturated rings. The fourth-order valence-electron chi connectivity index (χ4n) is 1.57. The summed E-state index contributed by atoms with van der Waals surface area (Å²) >= 11 is 0. The molecule has 1 unspecified atom stereocenters. The molecule has 6 heteroatoms. The molecule has 1 aromatic carbocycles. The van der Waals surface area contributed by atoms with Crippen LogP contribution in [-0.4, -0.2) is 36.9 Å². The van der Waals surface area contributed by atoms with Crippen LogP contribution < -0.4 is 11.1 Å². The number of nitrogens with one attached hydrogen (secondary N) is 1. The van der Waals surface area contributed by atoms with Crippen LogP contribution in [0.3, 0.4) is 0 Å². The van der Waals surface area contributed by atoms with E-state index < -0.39 is 5.54 Å². The van der Waals surface area contributed by atoms with Gasteiger partial charge in [0.1, 0.15) is 5.54 Å². The highest BCUT2D eigenvalue weighted by molar-refractivity contribution is 5.90. The molecule has 0 aliphatic carbocycles. The Balaban J connectivity index is 0.00000361. The van der Waals surface area contributed by atoms with Crippen LogP contribution in [-0.2, 0) is 15.1 Å². The van der Waals surface area contributed by atoms with E-state index in [1.165, 1.54) is 4.90 Å². The van der Waals surface area contributed by atoms with Crippen LogP contribution in [0.5, 0.6) is 0 Å². The predicted octanol–water partition coefficient (Wildman–Crippen LogP) is 0.877. The average Bonchev–Trinajstić information content (AvgIpc) is 2.44. The lowest BCUT2D eigenvalue weighted by atomic mass is 9.92. The molecule has 0 aliphatic heterocycles. The molecule has 2 amide bonds. The second kappa shape index (κ2) is 7.87. The summed E-state index contributed by atoms with van der Waals surface area (Å²) < 4.78 is 0. The van der Waals surface area contributed by atoms with Crippen LogP contribution in [0.15, 0.2) is 30.3 Å². The van der Waals surface area contributed by atoms with Crippen LogP contribution in [0.1, 0.15) is 19.4 Å². The van der Waals surface area contributed by atoms with Gasteiger partial charge in [0.15, 0.2) is 0 Å². The summed E-state index contributed by atoms with van der Waals surface area (Å²) in [5, 5.41) is 2.58. The summed E-state index contributed by atoms with van der Waals surface area (Å²) in [4.78, 5) is 25.2. The average molecular weight is 300 g/mol. The normalized spacial score (nSPS) is 12.8. The minimum absolute atomic E-state index is 0. The molecular formula is C14H22ClN3O2. The Morgan fingerprint density at radius 1 is 1.30 bits per heavy atom. The number of nitrogens with zero attached hydrogens (tertiary/aromatic N) is 1. The molecule has 0 aliphatic rings. The van der Waals surface area contributed by atoms with Crippen LogP contribution in [0.25, 0.3) is 0 Å². The second-order valence-electron chi connectivity index (χ2n) is 4.66. The van der Waals surface area contributed by atoms with Gasteiger partial charge in [0.05, 0.1) is 6.54 Å². The lowest BCUT2D eigenvalue weighted by Crippen LogP contribution is -2.51. The molecular weight excluding hydrogens is 278 g/mol. The van der Waals surface area contributed by atoms with E-state index in [1.54, 1.807) is 26.1 Å². The van der Waals surface area contributed by atoms with Gasteiger partial charge in [0.25, 0.3) is 0 Å². The van der Waals surface area contributed by atoms with Crippen LogP contribution in [0.2, 0.25) is 0 Å². The zero-order chi connectivity index (χ0) is 14.5. The number of likely N-dealkylation sites (N-methyl/N-ethyl adjacent to an activating group) is 1. The molecule has 112 valence electrons. The summed E-state index contributed by atoms with van der Waals surface area (Å²) in [6.45, 7) is 4.07. The van der Waals surface area contributed by atoms with E-state index in [-0.39, 0.29) is 30.8 Å². The molecule has 1 rings (SSSR count). The lowest BCUT2D eigenvalue weighted by Gasteiger charge is -2.24. The number of nitrogens with two attached hydrogens (primary N) is 1. The van der Waals surface area contributed by atoms with Crippen molar-refractivity contribution in [3.05, 3.63) is 35.9 Å². The van der Waals surface area contributed by atoms with Crippen molar-refractivity contribution in [1.29, 1.82) is 0 Å². The highest BCUT2D eigenvalue weighted by atomic mass is 35.5. The Morgan fingerprint density at radius 3 is 2.35 bits per heavy atom.